The van der Waals surface area contributed by atoms with Crippen molar-refractivity contribution in [2.24, 2.45) is 5.92 Å². The molecular weight excluding hydrogens is 212 g/mol. The molecule has 1 fully saturated rings. The number of hydrogen-bond donors (Lipinski definition) is 2. The molecule has 0 radical (unpaired) electrons. The maximum atomic E-state index is 10.3. The lowest BCUT2D eigenvalue weighted by molar-refractivity contribution is 0.0134. The van der Waals surface area contributed by atoms with Crippen LogP contribution in [0.15, 0.2) is 0 Å². The highest BCUT2D eigenvalue weighted by Gasteiger charge is 2.32. The van der Waals surface area contributed by atoms with Crippen LogP contribution in [-0.4, -0.2) is 48.3 Å². The second-order valence-corrected chi connectivity index (χ2v) is 6.30. The fraction of sp³-hybridized carbons (Fsp3) is 1.00. The first-order valence-electron chi connectivity index (χ1n) is 7.05. The molecule has 2 N–H and O–H groups in total. The normalized spacial score (nSPS) is 21.4. The Morgan fingerprint density at radius 3 is 2.35 bits per heavy atom. The largest absolute Gasteiger partial charge is 0.389 e. The van der Waals surface area contributed by atoms with Crippen molar-refractivity contribution in [1.29, 1.82) is 0 Å². The van der Waals surface area contributed by atoms with E-state index in [0.29, 0.717) is 12.0 Å². The highest BCUT2D eigenvalue weighted by Crippen LogP contribution is 2.29. The molecule has 0 saturated heterocycles. The molecular formula is C14H30N2O. The van der Waals surface area contributed by atoms with E-state index in [-0.39, 0.29) is 0 Å². The van der Waals surface area contributed by atoms with Crippen molar-refractivity contribution in [1.82, 2.24) is 10.2 Å². The Hall–Kier alpha value is -0.120. The predicted octanol–water partition coefficient (Wildman–Crippen LogP) is 1.86. The SMILES string of the molecule is CC(CNC(C)C)CN(C)CC1(O)CCCC1. The molecule has 1 aliphatic carbocycles. The Labute approximate surface area is 107 Å². The van der Waals surface area contributed by atoms with Gasteiger partial charge in [-0.25, -0.2) is 0 Å². The Morgan fingerprint density at radius 1 is 1.24 bits per heavy atom. The van der Waals surface area contributed by atoms with Gasteiger partial charge in [0.25, 0.3) is 0 Å². The van der Waals surface area contributed by atoms with Crippen LogP contribution in [0, 0.1) is 5.92 Å². The minimum absolute atomic E-state index is 0.403. The van der Waals surface area contributed by atoms with Gasteiger partial charge in [-0.1, -0.05) is 33.6 Å². The van der Waals surface area contributed by atoms with E-state index in [1.165, 1.54) is 12.8 Å². The van der Waals surface area contributed by atoms with Gasteiger partial charge in [0, 0.05) is 19.1 Å². The van der Waals surface area contributed by atoms with Gasteiger partial charge in [0.1, 0.15) is 0 Å². The molecule has 1 aliphatic rings. The Bertz CT molecular complexity index is 212. The van der Waals surface area contributed by atoms with E-state index in [1.54, 1.807) is 0 Å². The van der Waals surface area contributed by atoms with Crippen LogP contribution >= 0.6 is 0 Å². The van der Waals surface area contributed by atoms with Crippen molar-refractivity contribution in [3.63, 3.8) is 0 Å². The van der Waals surface area contributed by atoms with Crippen molar-refractivity contribution in [2.75, 3.05) is 26.7 Å². The van der Waals surface area contributed by atoms with Gasteiger partial charge in [-0.2, -0.15) is 0 Å². The van der Waals surface area contributed by atoms with E-state index in [1.807, 2.05) is 0 Å². The maximum Gasteiger partial charge on any atom is 0.0774 e. The second kappa shape index (κ2) is 6.72. The van der Waals surface area contributed by atoms with Crippen LogP contribution in [0.5, 0.6) is 0 Å². The lowest BCUT2D eigenvalue weighted by Crippen LogP contribution is -2.42. The Morgan fingerprint density at radius 2 is 1.82 bits per heavy atom. The molecule has 17 heavy (non-hydrogen) atoms. The lowest BCUT2D eigenvalue weighted by Gasteiger charge is -2.30. The molecule has 0 aromatic rings. The van der Waals surface area contributed by atoms with Crippen LogP contribution < -0.4 is 5.32 Å². The first-order valence-corrected chi connectivity index (χ1v) is 7.05. The fourth-order valence-corrected chi connectivity index (χ4v) is 2.79. The van der Waals surface area contributed by atoms with Crippen LogP contribution in [0.25, 0.3) is 0 Å². The molecule has 1 rings (SSSR count). The number of aliphatic hydroxyl groups is 1. The number of likely N-dealkylation sites (N-methyl/N-ethyl adjacent to an activating group) is 1. The van der Waals surface area contributed by atoms with E-state index in [2.05, 4.69) is 38.0 Å². The van der Waals surface area contributed by atoms with Crippen molar-refractivity contribution in [3.8, 4) is 0 Å². The first kappa shape index (κ1) is 14.9. The summed E-state index contributed by atoms with van der Waals surface area (Å²) in [6.07, 6.45) is 4.34. The summed E-state index contributed by atoms with van der Waals surface area (Å²) in [5, 5.41) is 13.8. The lowest BCUT2D eigenvalue weighted by atomic mass is 10.0. The molecule has 0 heterocycles. The van der Waals surface area contributed by atoms with Gasteiger partial charge in [0.05, 0.1) is 5.60 Å². The number of rotatable bonds is 7. The molecule has 0 aromatic heterocycles. The topological polar surface area (TPSA) is 35.5 Å². The van der Waals surface area contributed by atoms with Gasteiger partial charge < -0.3 is 15.3 Å². The average molecular weight is 242 g/mol. The van der Waals surface area contributed by atoms with Crippen LogP contribution in [0.1, 0.15) is 46.5 Å². The van der Waals surface area contributed by atoms with Crippen LogP contribution in [0.3, 0.4) is 0 Å². The van der Waals surface area contributed by atoms with Crippen molar-refractivity contribution >= 4 is 0 Å². The fourth-order valence-electron chi connectivity index (χ4n) is 2.79. The molecule has 0 spiro atoms. The molecule has 1 atom stereocenters. The Balaban J connectivity index is 2.21. The zero-order valence-electron chi connectivity index (χ0n) is 12.0. The third-order valence-corrected chi connectivity index (χ3v) is 3.60. The summed E-state index contributed by atoms with van der Waals surface area (Å²) in [7, 11) is 2.13. The zero-order valence-corrected chi connectivity index (χ0v) is 12.0. The maximum absolute atomic E-state index is 10.3. The van der Waals surface area contributed by atoms with Gasteiger partial charge in [0.15, 0.2) is 0 Å². The van der Waals surface area contributed by atoms with Gasteiger partial charge in [-0.3, -0.25) is 0 Å². The van der Waals surface area contributed by atoms with Gasteiger partial charge in [-0.05, 0) is 32.4 Å². The minimum Gasteiger partial charge on any atom is -0.389 e. The summed E-state index contributed by atoms with van der Waals surface area (Å²) in [6.45, 7) is 9.57. The molecule has 3 heteroatoms. The quantitative estimate of drug-likeness (QED) is 0.715. The van der Waals surface area contributed by atoms with E-state index in [0.717, 1.165) is 32.5 Å². The zero-order chi connectivity index (χ0) is 12.9. The van der Waals surface area contributed by atoms with Crippen LogP contribution in [0.2, 0.25) is 0 Å². The molecule has 1 unspecified atom stereocenters. The molecule has 0 bridgehead atoms. The molecule has 0 aromatic carbocycles. The summed E-state index contributed by atoms with van der Waals surface area (Å²) in [6, 6.07) is 0.557. The predicted molar refractivity (Wildman–Crippen MR) is 73.2 cm³/mol. The molecule has 1 saturated carbocycles. The van der Waals surface area contributed by atoms with Gasteiger partial charge >= 0.3 is 0 Å². The molecule has 0 amide bonds. The van der Waals surface area contributed by atoms with Crippen molar-refractivity contribution < 1.29 is 5.11 Å². The minimum atomic E-state index is -0.403. The molecule has 3 nitrogen and oxygen atoms in total. The Kier molecular flexibility index (Phi) is 5.90. The van der Waals surface area contributed by atoms with Crippen LogP contribution in [-0.2, 0) is 0 Å². The van der Waals surface area contributed by atoms with E-state index in [4.69, 9.17) is 0 Å². The molecule has 102 valence electrons. The number of nitrogens with one attached hydrogen (secondary N) is 1. The number of hydrogen-bond acceptors (Lipinski definition) is 3. The van der Waals surface area contributed by atoms with Gasteiger partial charge in [0.2, 0.25) is 0 Å². The van der Waals surface area contributed by atoms with E-state index in [9.17, 15) is 5.11 Å². The summed E-state index contributed by atoms with van der Waals surface area (Å²) in [5.74, 6) is 0.632. The van der Waals surface area contributed by atoms with Gasteiger partial charge in [-0.15, -0.1) is 0 Å². The average Bonchev–Trinajstić information content (AvgIpc) is 2.61. The monoisotopic (exact) mass is 242 g/mol. The van der Waals surface area contributed by atoms with Crippen molar-refractivity contribution in [3.05, 3.63) is 0 Å². The van der Waals surface area contributed by atoms with Crippen molar-refractivity contribution in [2.45, 2.75) is 58.1 Å². The smallest absolute Gasteiger partial charge is 0.0774 e. The van der Waals surface area contributed by atoms with E-state index >= 15 is 0 Å². The second-order valence-electron chi connectivity index (χ2n) is 6.30. The summed E-state index contributed by atoms with van der Waals surface area (Å²) in [5.41, 5.74) is -0.403. The highest BCUT2D eigenvalue weighted by molar-refractivity contribution is 4.87. The summed E-state index contributed by atoms with van der Waals surface area (Å²) in [4.78, 5) is 2.29. The molecule has 0 aliphatic heterocycles. The highest BCUT2D eigenvalue weighted by atomic mass is 16.3. The number of nitrogens with zero attached hydrogens (tertiary/aromatic N) is 1. The van der Waals surface area contributed by atoms with Crippen LogP contribution in [0.4, 0.5) is 0 Å². The third-order valence-electron chi connectivity index (χ3n) is 3.60. The summed E-state index contributed by atoms with van der Waals surface area (Å²) < 4.78 is 0. The third kappa shape index (κ3) is 5.84. The summed E-state index contributed by atoms with van der Waals surface area (Å²) >= 11 is 0. The van der Waals surface area contributed by atoms with E-state index < -0.39 is 5.60 Å². The standard InChI is InChI=1S/C14H30N2O/c1-12(2)15-9-13(3)10-16(4)11-14(17)7-5-6-8-14/h12-13,15,17H,5-11H2,1-4H3. The first-order chi connectivity index (χ1) is 7.91.